The molecule has 154 valence electrons. The van der Waals surface area contributed by atoms with Crippen LogP contribution in [0, 0.1) is 5.92 Å². The van der Waals surface area contributed by atoms with Crippen LogP contribution in [0.15, 0.2) is 18.2 Å². The van der Waals surface area contributed by atoms with Crippen LogP contribution in [0.4, 0.5) is 4.79 Å². The summed E-state index contributed by atoms with van der Waals surface area (Å²) in [6, 6.07) is 6.73. The number of cyclic esters (lactones) is 1. The number of hydrogen-bond donors (Lipinski definition) is 0. The zero-order valence-corrected chi connectivity index (χ0v) is 16.3. The van der Waals surface area contributed by atoms with Gasteiger partial charge < -0.3 is 19.1 Å². The van der Waals surface area contributed by atoms with Crippen molar-refractivity contribution >= 4 is 12.0 Å². The van der Waals surface area contributed by atoms with E-state index in [1.165, 1.54) is 10.5 Å². The Labute approximate surface area is 169 Å². The molecule has 0 radical (unpaired) electrons. The highest BCUT2D eigenvalue weighted by Crippen LogP contribution is 2.47. The van der Waals surface area contributed by atoms with Crippen LogP contribution in [-0.4, -0.2) is 84.9 Å². The van der Waals surface area contributed by atoms with E-state index in [1.54, 1.807) is 0 Å². The standard InChI is InChI=1S/C21H25N3O5/c25-18(11-23-7-8-27-21(23)26)24-10-15(14-1-2-16-17(9-14)29-12-28-16)20-19(24)13-3-5-22(20)6-4-13/h1-2,9,13,15,19-20H,3-8,10-12H2/t15-,19+,20+/m0/s1. The summed E-state index contributed by atoms with van der Waals surface area (Å²) in [5.74, 6) is 2.40. The lowest BCUT2D eigenvalue weighted by atomic mass is 9.75. The van der Waals surface area contributed by atoms with E-state index in [9.17, 15) is 9.59 Å². The summed E-state index contributed by atoms with van der Waals surface area (Å²) in [5, 5.41) is 0. The maximum atomic E-state index is 13.3. The zero-order valence-electron chi connectivity index (χ0n) is 16.3. The topological polar surface area (TPSA) is 71.5 Å². The van der Waals surface area contributed by atoms with E-state index < -0.39 is 0 Å². The van der Waals surface area contributed by atoms with Crippen LogP contribution >= 0.6 is 0 Å². The molecule has 7 rings (SSSR count). The van der Waals surface area contributed by atoms with E-state index in [4.69, 9.17) is 14.2 Å². The Hall–Kier alpha value is -2.48. The fourth-order valence-electron chi connectivity index (χ4n) is 5.96. The van der Waals surface area contributed by atoms with Crippen molar-refractivity contribution < 1.29 is 23.8 Å². The van der Waals surface area contributed by atoms with Crippen molar-refractivity contribution in [2.45, 2.75) is 30.8 Å². The number of fused-ring (bicyclic) bond motifs is 3. The average Bonchev–Trinajstić information content (AvgIpc) is 3.47. The van der Waals surface area contributed by atoms with Crippen LogP contribution in [0.2, 0.25) is 0 Å². The van der Waals surface area contributed by atoms with Crippen molar-refractivity contribution in [3.05, 3.63) is 23.8 Å². The number of carbonyl (C=O) groups is 2. The summed E-state index contributed by atoms with van der Waals surface area (Å²) in [4.78, 5) is 31.2. The monoisotopic (exact) mass is 399 g/mol. The van der Waals surface area contributed by atoms with E-state index in [-0.39, 0.29) is 37.3 Å². The van der Waals surface area contributed by atoms with Crippen LogP contribution in [0.25, 0.3) is 0 Å². The van der Waals surface area contributed by atoms with Gasteiger partial charge in [0.15, 0.2) is 11.5 Å². The molecule has 29 heavy (non-hydrogen) atoms. The predicted molar refractivity (Wildman–Crippen MR) is 102 cm³/mol. The molecule has 0 aromatic heterocycles. The van der Waals surface area contributed by atoms with E-state index in [2.05, 4.69) is 21.9 Å². The molecule has 0 spiro atoms. The van der Waals surface area contributed by atoms with Gasteiger partial charge in [-0.1, -0.05) is 6.07 Å². The van der Waals surface area contributed by atoms with Gasteiger partial charge in [0.05, 0.1) is 12.6 Å². The fourth-order valence-corrected chi connectivity index (χ4v) is 5.96. The molecule has 6 heterocycles. The zero-order chi connectivity index (χ0) is 19.5. The summed E-state index contributed by atoms with van der Waals surface area (Å²) in [6.07, 6.45) is 1.91. The lowest BCUT2D eigenvalue weighted by molar-refractivity contribution is -0.136. The van der Waals surface area contributed by atoms with Crippen LogP contribution in [0.5, 0.6) is 11.5 Å². The molecular formula is C21H25N3O5. The van der Waals surface area contributed by atoms with E-state index in [1.807, 2.05) is 6.07 Å². The molecule has 5 saturated heterocycles. The molecule has 2 bridgehead atoms. The minimum atomic E-state index is -0.379. The highest BCUT2D eigenvalue weighted by molar-refractivity contribution is 5.83. The molecule has 2 amide bonds. The van der Waals surface area contributed by atoms with Gasteiger partial charge in [-0.05, 0) is 49.5 Å². The number of nitrogens with zero attached hydrogens (tertiary/aromatic N) is 3. The van der Waals surface area contributed by atoms with Crippen molar-refractivity contribution in [2.24, 2.45) is 5.92 Å². The molecule has 0 aliphatic carbocycles. The second-order valence-corrected chi connectivity index (χ2v) is 8.66. The van der Waals surface area contributed by atoms with Crippen molar-refractivity contribution in [2.75, 3.05) is 46.1 Å². The first-order chi connectivity index (χ1) is 14.2. The van der Waals surface area contributed by atoms with E-state index in [0.717, 1.165) is 37.4 Å². The van der Waals surface area contributed by atoms with E-state index in [0.29, 0.717) is 31.7 Å². The van der Waals surface area contributed by atoms with Gasteiger partial charge in [0.1, 0.15) is 13.2 Å². The molecule has 8 nitrogen and oxygen atoms in total. The maximum Gasteiger partial charge on any atom is 0.410 e. The van der Waals surface area contributed by atoms with Crippen molar-refractivity contribution in [1.29, 1.82) is 0 Å². The summed E-state index contributed by atoms with van der Waals surface area (Å²) in [6.45, 7) is 4.13. The van der Waals surface area contributed by atoms with Crippen molar-refractivity contribution in [3.63, 3.8) is 0 Å². The number of amides is 2. The van der Waals surface area contributed by atoms with Crippen molar-refractivity contribution in [3.8, 4) is 11.5 Å². The summed E-state index contributed by atoms with van der Waals surface area (Å²) in [5.41, 5.74) is 1.20. The number of piperidine rings is 3. The number of carbonyl (C=O) groups excluding carboxylic acids is 2. The van der Waals surface area contributed by atoms with Gasteiger partial charge in [-0.3, -0.25) is 14.6 Å². The molecule has 0 unspecified atom stereocenters. The number of likely N-dealkylation sites (tertiary alicyclic amines) is 1. The summed E-state index contributed by atoms with van der Waals surface area (Å²) < 4.78 is 16.1. The molecule has 6 aliphatic heterocycles. The number of ether oxygens (including phenoxy) is 3. The van der Waals surface area contributed by atoms with Crippen LogP contribution in [0.3, 0.4) is 0 Å². The lowest BCUT2D eigenvalue weighted by Crippen LogP contribution is -2.61. The first kappa shape index (κ1) is 17.4. The molecule has 0 saturated carbocycles. The predicted octanol–water partition coefficient (Wildman–Crippen LogP) is 1.26. The first-order valence-corrected chi connectivity index (χ1v) is 10.5. The molecule has 8 heteroatoms. The third-order valence-electron chi connectivity index (χ3n) is 7.31. The molecule has 0 N–H and O–H groups in total. The maximum absolute atomic E-state index is 13.3. The first-order valence-electron chi connectivity index (χ1n) is 10.5. The Morgan fingerprint density at radius 2 is 1.86 bits per heavy atom. The second kappa shape index (κ2) is 6.52. The Balaban J connectivity index is 1.30. The van der Waals surface area contributed by atoms with E-state index >= 15 is 0 Å². The fraction of sp³-hybridized carbons (Fsp3) is 0.619. The van der Waals surface area contributed by atoms with Crippen LogP contribution < -0.4 is 9.47 Å². The van der Waals surface area contributed by atoms with Gasteiger partial charge in [-0.25, -0.2) is 4.79 Å². The smallest absolute Gasteiger partial charge is 0.410 e. The highest BCUT2D eigenvalue weighted by atomic mass is 16.7. The summed E-state index contributed by atoms with van der Waals surface area (Å²) in [7, 11) is 0. The number of rotatable bonds is 3. The normalized spacial score (nSPS) is 34.5. The third-order valence-corrected chi connectivity index (χ3v) is 7.31. The van der Waals surface area contributed by atoms with Gasteiger partial charge in [-0.15, -0.1) is 0 Å². The minimum absolute atomic E-state index is 0.0378. The molecule has 3 atom stereocenters. The molecular weight excluding hydrogens is 374 g/mol. The Kier molecular flexibility index (Phi) is 3.91. The second-order valence-electron chi connectivity index (χ2n) is 8.66. The largest absolute Gasteiger partial charge is 0.454 e. The Morgan fingerprint density at radius 3 is 2.66 bits per heavy atom. The molecule has 1 aromatic rings. The minimum Gasteiger partial charge on any atom is -0.454 e. The highest BCUT2D eigenvalue weighted by Gasteiger charge is 2.54. The molecule has 5 fully saturated rings. The van der Waals surface area contributed by atoms with Crippen LogP contribution in [0.1, 0.15) is 24.3 Å². The molecule has 1 aromatic carbocycles. The number of benzene rings is 1. The SMILES string of the molecule is O=C1OCCN1CC(=O)N1C[C@@H](c2ccc3c(c2)OCO3)[C@@H]2[C@H]1C1CCN2CC1. The third kappa shape index (κ3) is 2.68. The Morgan fingerprint density at radius 1 is 1.03 bits per heavy atom. The lowest BCUT2D eigenvalue weighted by Gasteiger charge is -2.51. The average molecular weight is 399 g/mol. The van der Waals surface area contributed by atoms with Gasteiger partial charge in [-0.2, -0.15) is 0 Å². The summed E-state index contributed by atoms with van der Waals surface area (Å²) >= 11 is 0. The van der Waals surface area contributed by atoms with Gasteiger partial charge in [0.2, 0.25) is 12.7 Å². The van der Waals surface area contributed by atoms with Crippen molar-refractivity contribution in [1.82, 2.24) is 14.7 Å². The molecule has 6 aliphatic rings. The van der Waals surface area contributed by atoms with Crippen LogP contribution in [-0.2, 0) is 9.53 Å². The Bertz CT molecular complexity index is 853. The van der Waals surface area contributed by atoms with Gasteiger partial charge in [0.25, 0.3) is 0 Å². The van der Waals surface area contributed by atoms with Gasteiger partial charge >= 0.3 is 6.09 Å². The van der Waals surface area contributed by atoms with Gasteiger partial charge in [0, 0.05) is 18.5 Å². The number of hydrogen-bond acceptors (Lipinski definition) is 6. The quantitative estimate of drug-likeness (QED) is 0.762.